The van der Waals surface area contributed by atoms with Crippen LogP contribution in [-0.2, 0) is 11.3 Å². The Balaban J connectivity index is 1.85. The number of rotatable bonds is 8. The van der Waals surface area contributed by atoms with E-state index in [1.54, 1.807) is 17.1 Å². The fourth-order valence-corrected chi connectivity index (χ4v) is 2.12. The van der Waals surface area contributed by atoms with Crippen molar-refractivity contribution < 1.29 is 9.53 Å². The molecule has 1 atom stereocenters. The Hall–Kier alpha value is -2.41. The van der Waals surface area contributed by atoms with Crippen LogP contribution in [0.3, 0.4) is 0 Å². The van der Waals surface area contributed by atoms with Crippen molar-refractivity contribution in [2.75, 3.05) is 11.9 Å². The van der Waals surface area contributed by atoms with Crippen LogP contribution in [0.5, 0.6) is 5.75 Å². The third-order valence-corrected chi connectivity index (χ3v) is 3.22. The summed E-state index contributed by atoms with van der Waals surface area (Å²) < 4.78 is 7.35. The molecule has 0 aliphatic rings. The molecule has 0 spiro atoms. The van der Waals surface area contributed by atoms with E-state index in [1.165, 1.54) is 6.33 Å². The van der Waals surface area contributed by atoms with Crippen LogP contribution in [0.1, 0.15) is 20.3 Å². The highest BCUT2D eigenvalue weighted by atomic mass is 16.5. The van der Waals surface area contributed by atoms with Gasteiger partial charge in [-0.15, -0.1) is 0 Å². The second-order valence-electron chi connectivity index (χ2n) is 5.76. The first-order valence-corrected chi connectivity index (χ1v) is 7.66. The molecule has 1 aromatic heterocycles. The molecule has 0 unspecified atom stereocenters. The van der Waals surface area contributed by atoms with Gasteiger partial charge >= 0.3 is 0 Å². The lowest BCUT2D eigenvalue weighted by atomic mass is 10.0. The first kappa shape index (κ1) is 17.0. The standard InChI is InChI=1S/C16H23N5O2/c1-12(2)8-15(17)16(22)20-13-4-3-5-14(9-13)23-7-6-21-11-18-10-19-21/h3-5,9-12,15H,6-8,17H2,1-2H3,(H,20,22)/t15-/m0/s1. The largest absolute Gasteiger partial charge is 0.492 e. The summed E-state index contributed by atoms with van der Waals surface area (Å²) in [4.78, 5) is 15.9. The van der Waals surface area contributed by atoms with E-state index >= 15 is 0 Å². The van der Waals surface area contributed by atoms with Crippen molar-refractivity contribution in [3.63, 3.8) is 0 Å². The number of aromatic nitrogens is 3. The van der Waals surface area contributed by atoms with Crippen molar-refractivity contribution in [2.45, 2.75) is 32.9 Å². The molecule has 0 aliphatic heterocycles. The van der Waals surface area contributed by atoms with E-state index < -0.39 is 6.04 Å². The maximum atomic E-state index is 12.0. The highest BCUT2D eigenvalue weighted by Gasteiger charge is 2.15. The quantitative estimate of drug-likeness (QED) is 0.772. The number of carbonyl (C=O) groups excluding carboxylic acids is 1. The number of nitrogens with zero attached hydrogens (tertiary/aromatic N) is 3. The molecule has 2 rings (SSSR count). The number of anilines is 1. The third-order valence-electron chi connectivity index (χ3n) is 3.22. The number of ether oxygens (including phenoxy) is 1. The molecule has 0 bridgehead atoms. The number of nitrogens with one attached hydrogen (secondary N) is 1. The highest BCUT2D eigenvalue weighted by Crippen LogP contribution is 2.18. The lowest BCUT2D eigenvalue weighted by molar-refractivity contribution is -0.117. The molecule has 0 aliphatic carbocycles. The highest BCUT2D eigenvalue weighted by molar-refractivity contribution is 5.94. The molecule has 0 radical (unpaired) electrons. The van der Waals surface area contributed by atoms with E-state index in [0.29, 0.717) is 36.9 Å². The number of carbonyl (C=O) groups is 1. The van der Waals surface area contributed by atoms with Crippen molar-refractivity contribution in [2.24, 2.45) is 11.7 Å². The van der Waals surface area contributed by atoms with E-state index in [4.69, 9.17) is 10.5 Å². The molecule has 1 aromatic carbocycles. The van der Waals surface area contributed by atoms with Gasteiger partial charge in [-0.05, 0) is 24.5 Å². The predicted molar refractivity (Wildman–Crippen MR) is 88.0 cm³/mol. The average Bonchev–Trinajstić information content (AvgIpc) is 3.00. The summed E-state index contributed by atoms with van der Waals surface area (Å²) in [7, 11) is 0. The number of hydrogen-bond acceptors (Lipinski definition) is 5. The normalized spacial score (nSPS) is 12.2. The van der Waals surface area contributed by atoms with Crippen LogP contribution in [-0.4, -0.2) is 33.3 Å². The van der Waals surface area contributed by atoms with Crippen molar-refractivity contribution in [3.8, 4) is 5.75 Å². The summed E-state index contributed by atoms with van der Waals surface area (Å²) in [6.07, 6.45) is 3.77. The van der Waals surface area contributed by atoms with Crippen molar-refractivity contribution in [1.29, 1.82) is 0 Å². The molecule has 0 fully saturated rings. The van der Waals surface area contributed by atoms with Crippen LogP contribution < -0.4 is 15.8 Å². The summed E-state index contributed by atoms with van der Waals surface area (Å²) in [5, 5.41) is 6.82. The molecule has 1 amide bonds. The van der Waals surface area contributed by atoms with E-state index in [9.17, 15) is 4.79 Å². The summed E-state index contributed by atoms with van der Waals surface area (Å²) in [6, 6.07) is 6.75. The minimum atomic E-state index is -0.508. The van der Waals surface area contributed by atoms with Crippen LogP contribution in [0.2, 0.25) is 0 Å². The maximum Gasteiger partial charge on any atom is 0.241 e. The zero-order valence-corrected chi connectivity index (χ0v) is 13.5. The molecule has 124 valence electrons. The minimum absolute atomic E-state index is 0.182. The van der Waals surface area contributed by atoms with Gasteiger partial charge in [0, 0.05) is 11.8 Å². The molecule has 23 heavy (non-hydrogen) atoms. The Morgan fingerprint density at radius 2 is 2.26 bits per heavy atom. The average molecular weight is 317 g/mol. The summed E-state index contributed by atoms with van der Waals surface area (Å²) in [5.74, 6) is 0.876. The molecule has 3 N–H and O–H groups in total. The van der Waals surface area contributed by atoms with Crippen molar-refractivity contribution in [1.82, 2.24) is 14.8 Å². The van der Waals surface area contributed by atoms with E-state index in [1.807, 2.05) is 32.0 Å². The van der Waals surface area contributed by atoms with Gasteiger partial charge in [-0.25, -0.2) is 9.67 Å². The SMILES string of the molecule is CC(C)C[C@H](N)C(=O)Nc1cccc(OCCn2cncn2)c1. The number of hydrogen-bond donors (Lipinski definition) is 2. The van der Waals surface area contributed by atoms with Gasteiger partial charge in [-0.2, -0.15) is 5.10 Å². The van der Waals surface area contributed by atoms with Gasteiger partial charge in [0.05, 0.1) is 12.6 Å². The fraction of sp³-hybridized carbons (Fsp3) is 0.438. The van der Waals surface area contributed by atoms with Crippen LogP contribution >= 0.6 is 0 Å². The first-order valence-electron chi connectivity index (χ1n) is 7.66. The van der Waals surface area contributed by atoms with Gasteiger partial charge < -0.3 is 15.8 Å². The Morgan fingerprint density at radius 3 is 2.96 bits per heavy atom. The van der Waals surface area contributed by atoms with Crippen LogP contribution in [0.25, 0.3) is 0 Å². The predicted octanol–water partition coefficient (Wildman–Crippen LogP) is 1.67. The molecule has 0 saturated heterocycles. The first-order chi connectivity index (χ1) is 11.0. The van der Waals surface area contributed by atoms with Gasteiger partial charge in [-0.1, -0.05) is 19.9 Å². The van der Waals surface area contributed by atoms with Gasteiger partial charge in [-0.3, -0.25) is 4.79 Å². The minimum Gasteiger partial charge on any atom is -0.492 e. The lowest BCUT2D eigenvalue weighted by Crippen LogP contribution is -2.36. The van der Waals surface area contributed by atoms with Gasteiger partial charge in [0.15, 0.2) is 0 Å². The van der Waals surface area contributed by atoms with E-state index in [-0.39, 0.29) is 5.91 Å². The van der Waals surface area contributed by atoms with E-state index in [0.717, 1.165) is 0 Å². The molecular weight excluding hydrogens is 294 g/mol. The summed E-state index contributed by atoms with van der Waals surface area (Å²) >= 11 is 0. The third kappa shape index (κ3) is 5.71. The maximum absolute atomic E-state index is 12.0. The summed E-state index contributed by atoms with van der Waals surface area (Å²) in [6.45, 7) is 5.15. The van der Waals surface area contributed by atoms with Crippen molar-refractivity contribution >= 4 is 11.6 Å². The van der Waals surface area contributed by atoms with Crippen LogP contribution in [0.4, 0.5) is 5.69 Å². The lowest BCUT2D eigenvalue weighted by Gasteiger charge is -2.14. The molecule has 0 saturated carbocycles. The van der Waals surface area contributed by atoms with Crippen molar-refractivity contribution in [3.05, 3.63) is 36.9 Å². The second-order valence-corrected chi connectivity index (χ2v) is 5.76. The number of benzene rings is 1. The zero-order chi connectivity index (χ0) is 16.7. The Kier molecular flexibility index (Phi) is 6.10. The van der Waals surface area contributed by atoms with Crippen LogP contribution in [0, 0.1) is 5.92 Å². The second kappa shape index (κ2) is 8.28. The fourth-order valence-electron chi connectivity index (χ4n) is 2.12. The van der Waals surface area contributed by atoms with Gasteiger partial charge in [0.1, 0.15) is 25.0 Å². The van der Waals surface area contributed by atoms with E-state index in [2.05, 4.69) is 15.4 Å². The topological polar surface area (TPSA) is 95.1 Å². The van der Waals surface area contributed by atoms with Gasteiger partial charge in [0.2, 0.25) is 5.91 Å². The zero-order valence-electron chi connectivity index (χ0n) is 13.5. The number of nitrogens with two attached hydrogens (primary N) is 1. The smallest absolute Gasteiger partial charge is 0.241 e. The Bertz CT molecular complexity index is 613. The molecule has 7 heteroatoms. The molecule has 2 aromatic rings. The molecule has 7 nitrogen and oxygen atoms in total. The summed E-state index contributed by atoms with van der Waals surface area (Å²) in [5.41, 5.74) is 6.55. The molecular formula is C16H23N5O2. The molecule has 1 heterocycles. The van der Waals surface area contributed by atoms with Crippen LogP contribution in [0.15, 0.2) is 36.9 Å². The number of amides is 1. The Labute approximate surface area is 135 Å². The monoisotopic (exact) mass is 317 g/mol. The Morgan fingerprint density at radius 1 is 1.43 bits per heavy atom. The van der Waals surface area contributed by atoms with Gasteiger partial charge in [0.25, 0.3) is 0 Å².